The number of halogens is 2. The van der Waals surface area contributed by atoms with Gasteiger partial charge in [0, 0.05) is 0 Å². The van der Waals surface area contributed by atoms with E-state index in [0.717, 1.165) is 0 Å². The molecule has 18 heavy (non-hydrogen) atoms. The number of carbonyl (C=O) groups excluding carboxylic acids is 1. The van der Waals surface area contributed by atoms with E-state index in [0.29, 0.717) is 11.3 Å². The van der Waals surface area contributed by atoms with E-state index in [9.17, 15) is 13.6 Å². The SMILES string of the molecule is CCOC(=O)Cc1c(C(F)F)ncc(OC)c1C. The summed E-state index contributed by atoms with van der Waals surface area (Å²) in [6, 6.07) is 0. The Bertz CT molecular complexity index is 436. The summed E-state index contributed by atoms with van der Waals surface area (Å²) < 4.78 is 35.4. The van der Waals surface area contributed by atoms with Crippen LogP contribution in [0.15, 0.2) is 6.20 Å². The third kappa shape index (κ3) is 3.15. The molecule has 0 amide bonds. The number of ether oxygens (including phenoxy) is 2. The Labute approximate surface area is 104 Å². The van der Waals surface area contributed by atoms with Gasteiger partial charge in [-0.25, -0.2) is 8.78 Å². The van der Waals surface area contributed by atoms with Crippen LogP contribution < -0.4 is 4.74 Å². The zero-order valence-corrected chi connectivity index (χ0v) is 10.5. The minimum Gasteiger partial charge on any atom is -0.495 e. The van der Waals surface area contributed by atoms with Crippen LogP contribution in [0.2, 0.25) is 0 Å². The molecule has 0 saturated heterocycles. The maximum absolute atomic E-state index is 12.8. The average molecular weight is 259 g/mol. The monoisotopic (exact) mass is 259 g/mol. The minimum absolute atomic E-state index is 0.169. The van der Waals surface area contributed by atoms with Gasteiger partial charge in [0.25, 0.3) is 6.43 Å². The molecule has 0 aliphatic carbocycles. The van der Waals surface area contributed by atoms with Gasteiger partial charge in [0.15, 0.2) is 0 Å². The Hall–Kier alpha value is -1.72. The fourth-order valence-electron chi connectivity index (χ4n) is 1.62. The van der Waals surface area contributed by atoms with Gasteiger partial charge in [-0.3, -0.25) is 9.78 Å². The third-order valence-electron chi connectivity index (χ3n) is 2.51. The number of pyridine rings is 1. The number of hydrogen-bond acceptors (Lipinski definition) is 4. The maximum Gasteiger partial charge on any atom is 0.310 e. The third-order valence-corrected chi connectivity index (χ3v) is 2.51. The van der Waals surface area contributed by atoms with Crippen LogP contribution in [0.3, 0.4) is 0 Å². The van der Waals surface area contributed by atoms with Crippen LogP contribution in [0, 0.1) is 6.92 Å². The average Bonchev–Trinajstić information content (AvgIpc) is 2.31. The summed E-state index contributed by atoms with van der Waals surface area (Å²) in [5.74, 6) is -0.184. The number of hydrogen-bond donors (Lipinski definition) is 0. The molecule has 0 bridgehead atoms. The van der Waals surface area contributed by atoms with E-state index in [2.05, 4.69) is 4.98 Å². The lowest BCUT2D eigenvalue weighted by Crippen LogP contribution is -2.12. The zero-order chi connectivity index (χ0) is 13.7. The molecule has 0 aromatic carbocycles. The van der Waals surface area contributed by atoms with Crippen molar-refractivity contribution in [3.05, 3.63) is 23.0 Å². The van der Waals surface area contributed by atoms with E-state index in [1.54, 1.807) is 13.8 Å². The standard InChI is InChI=1S/C12H15F2NO3/c1-4-18-10(16)5-8-7(2)9(17-3)6-15-11(8)12(13)14/h6,12H,4-5H2,1-3H3. The van der Waals surface area contributed by atoms with Gasteiger partial charge in [0.1, 0.15) is 11.4 Å². The van der Waals surface area contributed by atoms with Crippen molar-refractivity contribution >= 4 is 5.97 Å². The second kappa shape index (κ2) is 6.28. The first-order valence-corrected chi connectivity index (χ1v) is 5.47. The summed E-state index contributed by atoms with van der Waals surface area (Å²) in [5, 5.41) is 0. The first-order chi connectivity index (χ1) is 8.51. The summed E-state index contributed by atoms with van der Waals surface area (Å²) in [4.78, 5) is 15.0. The number of rotatable bonds is 5. The summed E-state index contributed by atoms with van der Waals surface area (Å²) >= 11 is 0. The van der Waals surface area contributed by atoms with Gasteiger partial charge in [0.2, 0.25) is 0 Å². The van der Waals surface area contributed by atoms with Crippen molar-refractivity contribution in [3.63, 3.8) is 0 Å². The second-order valence-corrected chi connectivity index (χ2v) is 3.60. The lowest BCUT2D eigenvalue weighted by Gasteiger charge is -2.13. The first kappa shape index (κ1) is 14.3. The van der Waals surface area contributed by atoms with E-state index in [-0.39, 0.29) is 18.6 Å². The van der Waals surface area contributed by atoms with Crippen molar-refractivity contribution in [2.24, 2.45) is 0 Å². The highest BCUT2D eigenvalue weighted by Crippen LogP contribution is 2.29. The lowest BCUT2D eigenvalue weighted by atomic mass is 10.0. The lowest BCUT2D eigenvalue weighted by molar-refractivity contribution is -0.142. The van der Waals surface area contributed by atoms with E-state index in [1.807, 2.05) is 0 Å². The molecule has 0 atom stereocenters. The van der Waals surface area contributed by atoms with Gasteiger partial charge in [-0.1, -0.05) is 0 Å². The number of esters is 1. The predicted molar refractivity (Wildman–Crippen MR) is 60.8 cm³/mol. The van der Waals surface area contributed by atoms with Crippen LogP contribution >= 0.6 is 0 Å². The molecule has 0 unspecified atom stereocenters. The van der Waals surface area contributed by atoms with E-state index in [1.165, 1.54) is 13.3 Å². The van der Waals surface area contributed by atoms with Gasteiger partial charge in [-0.15, -0.1) is 0 Å². The molecule has 0 aliphatic rings. The molecule has 1 heterocycles. The highest BCUT2D eigenvalue weighted by Gasteiger charge is 2.21. The number of carbonyl (C=O) groups is 1. The molecule has 0 saturated carbocycles. The normalized spacial score (nSPS) is 10.6. The van der Waals surface area contributed by atoms with Crippen LogP contribution in [0.4, 0.5) is 8.78 Å². The molecule has 0 fully saturated rings. The van der Waals surface area contributed by atoms with Crippen LogP contribution in [-0.2, 0) is 16.0 Å². The highest BCUT2D eigenvalue weighted by molar-refractivity contribution is 5.73. The largest absolute Gasteiger partial charge is 0.495 e. The Kier molecular flexibility index (Phi) is 5.00. The quantitative estimate of drug-likeness (QED) is 0.762. The van der Waals surface area contributed by atoms with E-state index in [4.69, 9.17) is 9.47 Å². The molecule has 1 aromatic rings. The molecule has 6 heteroatoms. The predicted octanol–water partition coefficient (Wildman–Crippen LogP) is 2.44. The van der Waals surface area contributed by atoms with Gasteiger partial charge in [-0.05, 0) is 25.0 Å². The molecule has 0 radical (unpaired) electrons. The van der Waals surface area contributed by atoms with Crippen LogP contribution in [0.25, 0.3) is 0 Å². The summed E-state index contributed by atoms with van der Waals surface area (Å²) in [7, 11) is 1.42. The maximum atomic E-state index is 12.8. The molecular formula is C12H15F2NO3. The van der Waals surface area contributed by atoms with E-state index < -0.39 is 18.1 Å². The molecule has 0 N–H and O–H groups in total. The van der Waals surface area contributed by atoms with Crippen molar-refractivity contribution < 1.29 is 23.0 Å². The Morgan fingerprint density at radius 3 is 2.67 bits per heavy atom. The smallest absolute Gasteiger partial charge is 0.310 e. The molecule has 1 rings (SSSR count). The molecule has 0 spiro atoms. The van der Waals surface area contributed by atoms with Crippen molar-refractivity contribution in [2.45, 2.75) is 26.7 Å². The topological polar surface area (TPSA) is 48.4 Å². The van der Waals surface area contributed by atoms with Crippen molar-refractivity contribution in [1.82, 2.24) is 4.98 Å². The van der Waals surface area contributed by atoms with Gasteiger partial charge >= 0.3 is 5.97 Å². The molecular weight excluding hydrogens is 244 g/mol. The number of aromatic nitrogens is 1. The number of nitrogens with zero attached hydrogens (tertiary/aromatic N) is 1. The van der Waals surface area contributed by atoms with Crippen LogP contribution in [-0.4, -0.2) is 24.7 Å². The van der Waals surface area contributed by atoms with Crippen LogP contribution in [0.5, 0.6) is 5.75 Å². The van der Waals surface area contributed by atoms with Gasteiger partial charge < -0.3 is 9.47 Å². The zero-order valence-electron chi connectivity index (χ0n) is 10.5. The Morgan fingerprint density at radius 1 is 1.50 bits per heavy atom. The van der Waals surface area contributed by atoms with Crippen molar-refractivity contribution in [1.29, 1.82) is 0 Å². The van der Waals surface area contributed by atoms with Crippen molar-refractivity contribution in [2.75, 3.05) is 13.7 Å². The van der Waals surface area contributed by atoms with Crippen LogP contribution in [0.1, 0.15) is 30.2 Å². The number of methoxy groups -OCH3 is 1. The fraction of sp³-hybridized carbons (Fsp3) is 0.500. The first-order valence-electron chi connectivity index (χ1n) is 5.47. The summed E-state index contributed by atoms with van der Waals surface area (Å²) in [6.45, 7) is 3.48. The number of alkyl halides is 2. The minimum atomic E-state index is -2.74. The fourth-order valence-corrected chi connectivity index (χ4v) is 1.62. The Morgan fingerprint density at radius 2 is 2.17 bits per heavy atom. The molecule has 4 nitrogen and oxygen atoms in total. The molecule has 0 aliphatic heterocycles. The second-order valence-electron chi connectivity index (χ2n) is 3.60. The van der Waals surface area contributed by atoms with E-state index >= 15 is 0 Å². The van der Waals surface area contributed by atoms with Crippen molar-refractivity contribution in [3.8, 4) is 5.75 Å². The molecule has 100 valence electrons. The Balaban J connectivity index is 3.15. The summed E-state index contributed by atoms with van der Waals surface area (Å²) in [6.07, 6.45) is -1.74. The van der Waals surface area contributed by atoms with Gasteiger partial charge in [-0.2, -0.15) is 0 Å². The summed E-state index contributed by atoms with van der Waals surface area (Å²) in [5.41, 5.74) is 0.250. The van der Waals surface area contributed by atoms with Gasteiger partial charge in [0.05, 0.1) is 26.3 Å². The molecule has 1 aromatic heterocycles. The highest BCUT2D eigenvalue weighted by atomic mass is 19.3.